The van der Waals surface area contributed by atoms with Gasteiger partial charge in [-0.1, -0.05) is 0 Å². The van der Waals surface area contributed by atoms with E-state index >= 15 is 0 Å². The second-order valence-electron chi connectivity index (χ2n) is 5.12. The third-order valence-corrected chi connectivity index (χ3v) is 3.52. The first-order chi connectivity index (χ1) is 9.66. The zero-order chi connectivity index (χ0) is 14.4. The highest BCUT2D eigenvalue weighted by atomic mass is 16.5. The van der Waals surface area contributed by atoms with Gasteiger partial charge < -0.3 is 9.64 Å². The van der Waals surface area contributed by atoms with Crippen LogP contribution in [0.15, 0.2) is 24.3 Å². The van der Waals surface area contributed by atoms with Crippen molar-refractivity contribution in [3.05, 3.63) is 29.8 Å². The van der Waals surface area contributed by atoms with Crippen LogP contribution in [0.5, 0.6) is 5.75 Å². The molecule has 0 radical (unpaired) electrons. The molecule has 0 aliphatic carbocycles. The van der Waals surface area contributed by atoms with E-state index in [1.165, 1.54) is 0 Å². The predicted octanol–water partition coefficient (Wildman–Crippen LogP) is 2.67. The van der Waals surface area contributed by atoms with Crippen LogP contribution in [0, 0.1) is 0 Å². The molecule has 0 atom stereocenters. The van der Waals surface area contributed by atoms with Crippen LogP contribution in [0.1, 0.15) is 43.0 Å². The summed E-state index contributed by atoms with van der Waals surface area (Å²) >= 11 is 0. The average molecular weight is 275 g/mol. The Kier molecular flexibility index (Phi) is 5.16. The van der Waals surface area contributed by atoms with Gasteiger partial charge >= 0.3 is 0 Å². The quantitative estimate of drug-likeness (QED) is 0.592. The number of amides is 1. The second kappa shape index (κ2) is 7.08. The fraction of sp³-hybridized carbons (Fsp3) is 0.500. The number of hydrogen-bond acceptors (Lipinski definition) is 3. The van der Waals surface area contributed by atoms with E-state index in [2.05, 4.69) is 0 Å². The predicted molar refractivity (Wildman–Crippen MR) is 77.0 cm³/mol. The van der Waals surface area contributed by atoms with E-state index < -0.39 is 0 Å². The standard InChI is InChI=1S/C16H21NO3/c1-13(18)14-6-8-15(9-7-14)20-12-4-5-16(19)17-10-2-3-11-17/h6-9H,2-5,10-12H2,1H3. The fourth-order valence-electron chi connectivity index (χ4n) is 2.32. The Bertz CT molecular complexity index is 461. The molecule has 1 saturated heterocycles. The summed E-state index contributed by atoms with van der Waals surface area (Å²) in [5.41, 5.74) is 0.682. The summed E-state index contributed by atoms with van der Waals surface area (Å²) in [7, 11) is 0. The smallest absolute Gasteiger partial charge is 0.222 e. The zero-order valence-corrected chi connectivity index (χ0v) is 11.9. The maximum absolute atomic E-state index is 11.8. The number of rotatable bonds is 6. The fourth-order valence-corrected chi connectivity index (χ4v) is 2.32. The number of likely N-dealkylation sites (tertiary alicyclic amines) is 1. The van der Waals surface area contributed by atoms with E-state index in [1.807, 2.05) is 4.90 Å². The van der Waals surface area contributed by atoms with E-state index in [4.69, 9.17) is 4.74 Å². The normalized spacial score (nSPS) is 14.3. The molecule has 1 aliphatic rings. The van der Waals surface area contributed by atoms with Crippen molar-refractivity contribution in [2.75, 3.05) is 19.7 Å². The lowest BCUT2D eigenvalue weighted by Crippen LogP contribution is -2.27. The molecule has 0 N–H and O–H groups in total. The Balaban J connectivity index is 1.67. The molecule has 0 bridgehead atoms. The summed E-state index contributed by atoms with van der Waals surface area (Å²) in [6, 6.07) is 7.10. The summed E-state index contributed by atoms with van der Waals surface area (Å²) in [6.07, 6.45) is 3.53. The third kappa shape index (κ3) is 4.08. The lowest BCUT2D eigenvalue weighted by molar-refractivity contribution is -0.130. The Labute approximate surface area is 119 Å². The van der Waals surface area contributed by atoms with Crippen molar-refractivity contribution in [2.45, 2.75) is 32.6 Å². The largest absolute Gasteiger partial charge is 0.494 e. The Morgan fingerprint density at radius 1 is 1.15 bits per heavy atom. The molecule has 1 heterocycles. The van der Waals surface area contributed by atoms with Crippen molar-refractivity contribution >= 4 is 11.7 Å². The van der Waals surface area contributed by atoms with Crippen LogP contribution in [-0.4, -0.2) is 36.3 Å². The van der Waals surface area contributed by atoms with Gasteiger partial charge in [-0.05, 0) is 50.5 Å². The number of carbonyl (C=O) groups is 2. The van der Waals surface area contributed by atoms with Crippen molar-refractivity contribution < 1.29 is 14.3 Å². The molecule has 1 fully saturated rings. The van der Waals surface area contributed by atoms with Gasteiger partial charge in [-0.25, -0.2) is 0 Å². The average Bonchev–Trinajstić information content (AvgIpc) is 2.98. The molecule has 108 valence electrons. The van der Waals surface area contributed by atoms with Crippen LogP contribution >= 0.6 is 0 Å². The minimum Gasteiger partial charge on any atom is -0.494 e. The van der Waals surface area contributed by atoms with Crippen LogP contribution in [0.2, 0.25) is 0 Å². The summed E-state index contributed by atoms with van der Waals surface area (Å²) in [5, 5.41) is 0. The number of nitrogens with zero attached hydrogens (tertiary/aromatic N) is 1. The maximum atomic E-state index is 11.8. The molecule has 4 heteroatoms. The van der Waals surface area contributed by atoms with Gasteiger partial charge in [-0.3, -0.25) is 9.59 Å². The van der Waals surface area contributed by atoms with Crippen LogP contribution in [0.25, 0.3) is 0 Å². The van der Waals surface area contributed by atoms with E-state index in [1.54, 1.807) is 31.2 Å². The van der Waals surface area contributed by atoms with Gasteiger partial charge in [-0.2, -0.15) is 0 Å². The highest BCUT2D eigenvalue weighted by Crippen LogP contribution is 2.14. The maximum Gasteiger partial charge on any atom is 0.222 e. The SMILES string of the molecule is CC(=O)c1ccc(OCCCC(=O)N2CCCC2)cc1. The highest BCUT2D eigenvalue weighted by molar-refractivity contribution is 5.94. The van der Waals surface area contributed by atoms with E-state index in [0.29, 0.717) is 18.6 Å². The summed E-state index contributed by atoms with van der Waals surface area (Å²) in [5.74, 6) is 1.02. The molecule has 0 unspecified atom stereocenters. The van der Waals surface area contributed by atoms with E-state index in [9.17, 15) is 9.59 Å². The van der Waals surface area contributed by atoms with Crippen molar-refractivity contribution in [2.24, 2.45) is 0 Å². The molecular weight excluding hydrogens is 254 g/mol. The molecule has 1 amide bonds. The molecule has 20 heavy (non-hydrogen) atoms. The second-order valence-corrected chi connectivity index (χ2v) is 5.12. The molecule has 0 saturated carbocycles. The van der Waals surface area contributed by atoms with Crippen molar-refractivity contribution in [1.82, 2.24) is 4.90 Å². The molecular formula is C16H21NO3. The van der Waals surface area contributed by atoms with Crippen LogP contribution < -0.4 is 4.74 Å². The number of carbonyl (C=O) groups excluding carboxylic acids is 2. The Morgan fingerprint density at radius 3 is 2.40 bits per heavy atom. The van der Waals surface area contributed by atoms with E-state index in [-0.39, 0.29) is 11.7 Å². The molecule has 1 aliphatic heterocycles. The lowest BCUT2D eigenvalue weighted by Gasteiger charge is -2.15. The van der Waals surface area contributed by atoms with Gasteiger partial charge in [0.15, 0.2) is 5.78 Å². The lowest BCUT2D eigenvalue weighted by atomic mass is 10.1. The van der Waals surface area contributed by atoms with E-state index in [0.717, 1.165) is 38.1 Å². The monoisotopic (exact) mass is 275 g/mol. The van der Waals surface area contributed by atoms with Crippen molar-refractivity contribution in [3.63, 3.8) is 0 Å². The summed E-state index contributed by atoms with van der Waals surface area (Å²) < 4.78 is 5.57. The first-order valence-electron chi connectivity index (χ1n) is 7.18. The minimum atomic E-state index is 0.0489. The van der Waals surface area contributed by atoms with Gasteiger partial charge in [0, 0.05) is 25.1 Å². The molecule has 4 nitrogen and oxygen atoms in total. The van der Waals surface area contributed by atoms with Gasteiger partial charge in [0.1, 0.15) is 5.75 Å². The number of hydrogen-bond donors (Lipinski definition) is 0. The highest BCUT2D eigenvalue weighted by Gasteiger charge is 2.16. The Morgan fingerprint density at radius 2 is 1.80 bits per heavy atom. The molecule has 1 aromatic rings. The van der Waals surface area contributed by atoms with Gasteiger partial charge in [0.2, 0.25) is 5.91 Å². The molecule has 2 rings (SSSR count). The first kappa shape index (κ1) is 14.6. The molecule has 0 spiro atoms. The van der Waals surface area contributed by atoms with Gasteiger partial charge in [-0.15, -0.1) is 0 Å². The number of benzene rings is 1. The van der Waals surface area contributed by atoms with Gasteiger partial charge in [0.05, 0.1) is 6.61 Å². The number of ether oxygens (including phenoxy) is 1. The van der Waals surface area contributed by atoms with Crippen LogP contribution in [-0.2, 0) is 4.79 Å². The van der Waals surface area contributed by atoms with Crippen molar-refractivity contribution in [3.8, 4) is 5.75 Å². The zero-order valence-electron chi connectivity index (χ0n) is 11.9. The van der Waals surface area contributed by atoms with Gasteiger partial charge in [0.25, 0.3) is 0 Å². The third-order valence-electron chi connectivity index (χ3n) is 3.52. The Hall–Kier alpha value is -1.84. The molecule has 0 aromatic heterocycles. The minimum absolute atomic E-state index is 0.0489. The molecule has 1 aromatic carbocycles. The summed E-state index contributed by atoms with van der Waals surface area (Å²) in [4.78, 5) is 24.9. The van der Waals surface area contributed by atoms with Crippen molar-refractivity contribution in [1.29, 1.82) is 0 Å². The topological polar surface area (TPSA) is 46.6 Å². The number of Topliss-reactive ketones (excluding diaryl/α,β-unsaturated/α-hetero) is 1. The summed E-state index contributed by atoms with van der Waals surface area (Å²) in [6.45, 7) is 3.89. The van der Waals surface area contributed by atoms with Crippen LogP contribution in [0.3, 0.4) is 0 Å². The first-order valence-corrected chi connectivity index (χ1v) is 7.18. The number of ketones is 1. The van der Waals surface area contributed by atoms with Crippen LogP contribution in [0.4, 0.5) is 0 Å².